The average molecular weight is 333 g/mol. The van der Waals surface area contributed by atoms with E-state index in [1.807, 2.05) is 36.1 Å². The van der Waals surface area contributed by atoms with Crippen molar-refractivity contribution in [2.75, 3.05) is 19.7 Å². The molecule has 2 fully saturated rings. The van der Waals surface area contributed by atoms with E-state index >= 15 is 0 Å². The molecule has 0 aliphatic carbocycles. The lowest BCUT2D eigenvalue weighted by molar-refractivity contribution is -0.135. The molecule has 1 aromatic rings. The van der Waals surface area contributed by atoms with Crippen LogP contribution in [0.1, 0.15) is 33.1 Å². The standard InChI is InChI=1S/C18H27N3O3/c1-3-23-16-6-4-5-7-17(16)24-14-8-10-21(11-9-14)18(22)15-12-13(2)19-20-15/h4-7,13-15,19-20H,3,8-12H2,1-2H3. The Hall–Kier alpha value is -1.79. The summed E-state index contributed by atoms with van der Waals surface area (Å²) in [4.78, 5) is 14.5. The van der Waals surface area contributed by atoms with Crippen LogP contribution >= 0.6 is 0 Å². The zero-order valence-corrected chi connectivity index (χ0v) is 14.5. The lowest BCUT2D eigenvalue weighted by atomic mass is 10.0. The quantitative estimate of drug-likeness (QED) is 0.859. The van der Waals surface area contributed by atoms with E-state index in [4.69, 9.17) is 9.47 Å². The van der Waals surface area contributed by atoms with Crippen molar-refractivity contribution in [1.82, 2.24) is 15.8 Å². The lowest BCUT2D eigenvalue weighted by Gasteiger charge is -2.33. The summed E-state index contributed by atoms with van der Waals surface area (Å²) in [5, 5.41) is 0. The van der Waals surface area contributed by atoms with Crippen molar-refractivity contribution in [2.24, 2.45) is 0 Å². The minimum Gasteiger partial charge on any atom is -0.490 e. The first kappa shape index (κ1) is 17.0. The Morgan fingerprint density at radius 3 is 2.54 bits per heavy atom. The van der Waals surface area contributed by atoms with Crippen LogP contribution in [0.15, 0.2) is 24.3 Å². The molecule has 2 unspecified atom stereocenters. The molecule has 1 aromatic carbocycles. The van der Waals surface area contributed by atoms with Gasteiger partial charge in [0.25, 0.3) is 0 Å². The molecule has 0 aromatic heterocycles. The van der Waals surface area contributed by atoms with E-state index in [0.29, 0.717) is 12.6 Å². The second-order valence-corrected chi connectivity index (χ2v) is 6.50. The van der Waals surface area contributed by atoms with Gasteiger partial charge in [-0.1, -0.05) is 12.1 Å². The molecular formula is C18H27N3O3. The van der Waals surface area contributed by atoms with Gasteiger partial charge in [0, 0.05) is 32.0 Å². The predicted octanol–water partition coefficient (Wildman–Crippen LogP) is 1.71. The van der Waals surface area contributed by atoms with Gasteiger partial charge >= 0.3 is 0 Å². The SMILES string of the molecule is CCOc1ccccc1OC1CCN(C(=O)C2CC(C)NN2)CC1. The largest absolute Gasteiger partial charge is 0.490 e. The Morgan fingerprint density at radius 2 is 1.92 bits per heavy atom. The number of nitrogens with zero attached hydrogens (tertiary/aromatic N) is 1. The topological polar surface area (TPSA) is 62.8 Å². The number of likely N-dealkylation sites (tertiary alicyclic amines) is 1. The average Bonchev–Trinajstić information content (AvgIpc) is 3.03. The van der Waals surface area contributed by atoms with Crippen molar-refractivity contribution in [3.8, 4) is 11.5 Å². The minimum absolute atomic E-state index is 0.101. The van der Waals surface area contributed by atoms with E-state index in [0.717, 1.165) is 43.9 Å². The van der Waals surface area contributed by atoms with Gasteiger partial charge in [-0.2, -0.15) is 0 Å². The third kappa shape index (κ3) is 3.99. The van der Waals surface area contributed by atoms with Crippen LogP contribution in [0.3, 0.4) is 0 Å². The molecule has 3 rings (SSSR count). The molecule has 0 radical (unpaired) electrons. The first-order valence-corrected chi connectivity index (χ1v) is 8.85. The van der Waals surface area contributed by atoms with Gasteiger partial charge < -0.3 is 14.4 Å². The second kappa shape index (κ2) is 7.85. The Kier molecular flexibility index (Phi) is 5.58. The molecule has 6 heteroatoms. The van der Waals surface area contributed by atoms with E-state index in [2.05, 4.69) is 17.8 Å². The molecule has 2 aliphatic heterocycles. The zero-order chi connectivity index (χ0) is 16.9. The molecule has 2 atom stereocenters. The molecule has 0 spiro atoms. The number of hydrazine groups is 1. The predicted molar refractivity (Wildman–Crippen MR) is 92.0 cm³/mol. The highest BCUT2D eigenvalue weighted by molar-refractivity contribution is 5.82. The normalized spacial score (nSPS) is 24.8. The first-order valence-electron chi connectivity index (χ1n) is 8.85. The van der Waals surface area contributed by atoms with Crippen LogP contribution < -0.4 is 20.3 Å². The molecule has 132 valence electrons. The number of rotatable bonds is 5. The highest BCUT2D eigenvalue weighted by atomic mass is 16.5. The maximum absolute atomic E-state index is 12.5. The summed E-state index contributed by atoms with van der Waals surface area (Å²) in [5.74, 6) is 1.77. The number of carbonyl (C=O) groups excluding carboxylic acids is 1. The Morgan fingerprint density at radius 1 is 1.21 bits per heavy atom. The van der Waals surface area contributed by atoms with Crippen LogP contribution in [-0.2, 0) is 4.79 Å². The van der Waals surface area contributed by atoms with E-state index in [-0.39, 0.29) is 18.1 Å². The van der Waals surface area contributed by atoms with Crippen LogP contribution in [0.25, 0.3) is 0 Å². The maximum Gasteiger partial charge on any atom is 0.241 e. The van der Waals surface area contributed by atoms with Crippen molar-refractivity contribution in [3.05, 3.63) is 24.3 Å². The molecule has 2 heterocycles. The number of nitrogens with one attached hydrogen (secondary N) is 2. The van der Waals surface area contributed by atoms with Gasteiger partial charge in [0.2, 0.25) is 5.91 Å². The van der Waals surface area contributed by atoms with Gasteiger partial charge in [-0.25, -0.2) is 5.43 Å². The van der Waals surface area contributed by atoms with Crippen molar-refractivity contribution in [1.29, 1.82) is 0 Å². The van der Waals surface area contributed by atoms with Gasteiger partial charge in [-0.3, -0.25) is 10.2 Å². The smallest absolute Gasteiger partial charge is 0.241 e. The number of hydrogen-bond donors (Lipinski definition) is 2. The molecule has 0 saturated carbocycles. The fourth-order valence-electron chi connectivity index (χ4n) is 3.29. The fourth-order valence-corrected chi connectivity index (χ4v) is 3.29. The third-order valence-electron chi connectivity index (χ3n) is 4.59. The molecule has 2 N–H and O–H groups in total. The van der Waals surface area contributed by atoms with Crippen LogP contribution in [0.5, 0.6) is 11.5 Å². The number of para-hydroxylation sites is 2. The summed E-state index contributed by atoms with van der Waals surface area (Å²) in [5.41, 5.74) is 6.20. The number of piperidine rings is 1. The number of amides is 1. The van der Waals surface area contributed by atoms with Gasteiger partial charge in [0.05, 0.1) is 6.61 Å². The second-order valence-electron chi connectivity index (χ2n) is 6.50. The fraction of sp³-hybridized carbons (Fsp3) is 0.611. The lowest BCUT2D eigenvalue weighted by Crippen LogP contribution is -2.49. The van der Waals surface area contributed by atoms with Gasteiger partial charge in [0.15, 0.2) is 11.5 Å². The number of hydrogen-bond acceptors (Lipinski definition) is 5. The molecule has 1 amide bonds. The molecule has 24 heavy (non-hydrogen) atoms. The Labute approximate surface area is 143 Å². The van der Waals surface area contributed by atoms with E-state index < -0.39 is 0 Å². The summed E-state index contributed by atoms with van der Waals surface area (Å²) in [6, 6.07) is 8.01. The number of carbonyl (C=O) groups is 1. The van der Waals surface area contributed by atoms with Crippen LogP contribution in [0.4, 0.5) is 0 Å². The van der Waals surface area contributed by atoms with Crippen LogP contribution in [0, 0.1) is 0 Å². The van der Waals surface area contributed by atoms with E-state index in [1.54, 1.807) is 0 Å². The summed E-state index contributed by atoms with van der Waals surface area (Å²) in [7, 11) is 0. The minimum atomic E-state index is -0.101. The zero-order valence-electron chi connectivity index (χ0n) is 14.5. The van der Waals surface area contributed by atoms with E-state index in [9.17, 15) is 4.79 Å². The van der Waals surface area contributed by atoms with Gasteiger partial charge in [0.1, 0.15) is 12.1 Å². The number of ether oxygens (including phenoxy) is 2. The molecular weight excluding hydrogens is 306 g/mol. The highest BCUT2D eigenvalue weighted by Gasteiger charge is 2.32. The maximum atomic E-state index is 12.5. The van der Waals surface area contributed by atoms with Crippen molar-refractivity contribution < 1.29 is 14.3 Å². The van der Waals surface area contributed by atoms with Crippen molar-refractivity contribution >= 4 is 5.91 Å². The highest BCUT2D eigenvalue weighted by Crippen LogP contribution is 2.29. The Bertz CT molecular complexity index is 558. The van der Waals surface area contributed by atoms with Crippen LogP contribution in [-0.4, -0.2) is 48.7 Å². The molecule has 6 nitrogen and oxygen atoms in total. The number of benzene rings is 1. The summed E-state index contributed by atoms with van der Waals surface area (Å²) in [6.07, 6.45) is 2.67. The van der Waals surface area contributed by atoms with Crippen molar-refractivity contribution in [2.45, 2.75) is 51.3 Å². The van der Waals surface area contributed by atoms with Gasteiger partial charge in [-0.05, 0) is 32.4 Å². The molecule has 0 bridgehead atoms. The molecule has 2 saturated heterocycles. The third-order valence-corrected chi connectivity index (χ3v) is 4.59. The van der Waals surface area contributed by atoms with E-state index in [1.165, 1.54) is 0 Å². The Balaban J connectivity index is 1.51. The van der Waals surface area contributed by atoms with Gasteiger partial charge in [-0.15, -0.1) is 0 Å². The first-order chi connectivity index (χ1) is 11.7. The summed E-state index contributed by atoms with van der Waals surface area (Å²) >= 11 is 0. The monoisotopic (exact) mass is 333 g/mol. The summed E-state index contributed by atoms with van der Waals surface area (Å²) < 4.78 is 11.7. The van der Waals surface area contributed by atoms with Crippen LogP contribution in [0.2, 0.25) is 0 Å². The molecule has 2 aliphatic rings. The van der Waals surface area contributed by atoms with Crippen molar-refractivity contribution in [3.63, 3.8) is 0 Å². The summed E-state index contributed by atoms with van der Waals surface area (Å²) in [6.45, 7) is 6.15.